The lowest BCUT2D eigenvalue weighted by atomic mass is 9.76. The zero-order chi connectivity index (χ0) is 20.9. The molecule has 1 saturated heterocycles. The van der Waals surface area contributed by atoms with Gasteiger partial charge in [0.25, 0.3) is 0 Å². The third-order valence-corrected chi connectivity index (χ3v) is 5.58. The van der Waals surface area contributed by atoms with E-state index in [9.17, 15) is 13.6 Å². The second-order valence-electron chi connectivity index (χ2n) is 7.23. The monoisotopic (exact) mass is 411 g/mol. The molecule has 1 saturated carbocycles. The van der Waals surface area contributed by atoms with Gasteiger partial charge in [-0.1, -0.05) is 0 Å². The number of likely N-dealkylation sites (N-methyl/N-ethyl adjacent to an activating group) is 1. The van der Waals surface area contributed by atoms with Gasteiger partial charge in [0.05, 0.1) is 26.5 Å². The third kappa shape index (κ3) is 4.67. The summed E-state index contributed by atoms with van der Waals surface area (Å²) in [7, 11) is 2.96. The number of ether oxygens (including phenoxy) is 3. The minimum atomic E-state index is -1.05. The Labute approximate surface area is 169 Å². The maximum absolute atomic E-state index is 14.4. The van der Waals surface area contributed by atoms with Crippen LogP contribution in [-0.2, 0) is 14.3 Å². The van der Waals surface area contributed by atoms with Crippen molar-refractivity contribution in [1.82, 2.24) is 9.91 Å². The first kappa shape index (κ1) is 21.4. The van der Waals surface area contributed by atoms with E-state index in [0.29, 0.717) is 32.6 Å². The van der Waals surface area contributed by atoms with E-state index >= 15 is 0 Å². The van der Waals surface area contributed by atoms with Gasteiger partial charge in [-0.05, 0) is 31.4 Å². The van der Waals surface area contributed by atoms with Gasteiger partial charge in [0.2, 0.25) is 5.82 Å². The number of methoxy groups -OCH3 is 1. The van der Waals surface area contributed by atoms with E-state index in [2.05, 4.69) is 10.0 Å². The number of hydrogen-bond acceptors (Lipinski definition) is 7. The molecule has 3 rings (SSSR count). The summed E-state index contributed by atoms with van der Waals surface area (Å²) >= 11 is 0. The van der Waals surface area contributed by atoms with Gasteiger partial charge in [-0.3, -0.25) is 9.91 Å². The van der Waals surface area contributed by atoms with Crippen molar-refractivity contribution in [1.29, 1.82) is 0 Å². The Kier molecular flexibility index (Phi) is 7.02. The Morgan fingerprint density at radius 3 is 2.66 bits per heavy atom. The predicted octanol–water partition coefficient (Wildman–Crippen LogP) is 2.04. The average molecular weight is 411 g/mol. The van der Waals surface area contributed by atoms with Crippen LogP contribution in [0.15, 0.2) is 17.2 Å². The van der Waals surface area contributed by atoms with Crippen LogP contribution in [0.4, 0.5) is 8.78 Å². The maximum atomic E-state index is 14.4. The van der Waals surface area contributed by atoms with Crippen LogP contribution in [0, 0.1) is 11.6 Å². The van der Waals surface area contributed by atoms with Crippen LogP contribution in [0.2, 0.25) is 0 Å². The van der Waals surface area contributed by atoms with Gasteiger partial charge >= 0.3 is 5.97 Å². The number of halogens is 2. The van der Waals surface area contributed by atoms with Gasteiger partial charge in [0.1, 0.15) is 6.61 Å². The van der Waals surface area contributed by atoms with Gasteiger partial charge in [-0.15, -0.1) is 0 Å². The first-order valence-corrected chi connectivity index (χ1v) is 9.75. The summed E-state index contributed by atoms with van der Waals surface area (Å²) < 4.78 is 44.3. The lowest BCUT2D eigenvalue weighted by molar-refractivity contribution is -0.160. The molecule has 1 aliphatic heterocycles. The fraction of sp³-hybridized carbons (Fsp3) is 0.600. The van der Waals surface area contributed by atoms with Gasteiger partial charge in [-0.25, -0.2) is 9.18 Å². The van der Waals surface area contributed by atoms with Crippen LogP contribution in [0.3, 0.4) is 0 Å². The van der Waals surface area contributed by atoms with E-state index in [1.54, 1.807) is 7.05 Å². The molecule has 2 aliphatic rings. The van der Waals surface area contributed by atoms with Gasteiger partial charge in [-0.2, -0.15) is 9.49 Å². The summed E-state index contributed by atoms with van der Waals surface area (Å²) in [5.41, 5.74) is -0.850. The number of hydrogen-bond donors (Lipinski definition) is 0. The van der Waals surface area contributed by atoms with Crippen LogP contribution < -0.4 is 4.74 Å². The molecular weight excluding hydrogens is 384 g/mol. The van der Waals surface area contributed by atoms with Crippen molar-refractivity contribution in [2.24, 2.45) is 5.10 Å². The molecule has 0 spiro atoms. The quantitative estimate of drug-likeness (QED) is 0.371. The second kappa shape index (κ2) is 9.49. The Bertz CT molecular complexity index is 749. The molecule has 0 bridgehead atoms. The summed E-state index contributed by atoms with van der Waals surface area (Å²) in [6, 6.07) is 2.80. The summed E-state index contributed by atoms with van der Waals surface area (Å²) in [5, 5.41) is 5.62. The SMILES string of the molecule is COC(=O)C1(N(C)N=Cc2ccc(OCCN3CCOCC3)c(F)c2F)CCC1. The molecule has 9 heteroatoms. The van der Waals surface area contributed by atoms with Gasteiger partial charge < -0.3 is 14.2 Å². The fourth-order valence-electron chi connectivity index (χ4n) is 3.49. The smallest absolute Gasteiger partial charge is 0.333 e. The average Bonchev–Trinajstić information content (AvgIpc) is 2.70. The van der Waals surface area contributed by atoms with E-state index in [4.69, 9.17) is 14.2 Å². The van der Waals surface area contributed by atoms with Crippen LogP contribution in [0.1, 0.15) is 24.8 Å². The number of esters is 1. The molecule has 0 atom stereocenters. The lowest BCUT2D eigenvalue weighted by Crippen LogP contribution is -2.56. The van der Waals surface area contributed by atoms with Crippen molar-refractivity contribution in [2.75, 3.05) is 53.6 Å². The first-order valence-electron chi connectivity index (χ1n) is 9.75. The van der Waals surface area contributed by atoms with Crippen LogP contribution in [-0.4, -0.2) is 81.2 Å². The van der Waals surface area contributed by atoms with Crippen LogP contribution >= 0.6 is 0 Å². The number of carbonyl (C=O) groups excluding carboxylic acids is 1. The zero-order valence-electron chi connectivity index (χ0n) is 16.8. The second-order valence-corrected chi connectivity index (χ2v) is 7.23. The lowest BCUT2D eigenvalue weighted by Gasteiger charge is -2.44. The highest BCUT2D eigenvalue weighted by Crippen LogP contribution is 2.38. The fourth-order valence-corrected chi connectivity index (χ4v) is 3.49. The highest BCUT2D eigenvalue weighted by molar-refractivity contribution is 5.83. The molecule has 2 fully saturated rings. The first-order chi connectivity index (χ1) is 14.0. The molecule has 1 aromatic carbocycles. The van der Waals surface area contributed by atoms with Gasteiger partial charge in [0.15, 0.2) is 17.1 Å². The molecule has 1 aliphatic carbocycles. The number of hydrazone groups is 1. The molecule has 0 unspecified atom stereocenters. The van der Waals surface area contributed by atoms with Crippen LogP contribution in [0.5, 0.6) is 5.75 Å². The minimum Gasteiger partial charge on any atom is -0.489 e. The Balaban J connectivity index is 1.61. The van der Waals surface area contributed by atoms with Crippen LogP contribution in [0.25, 0.3) is 0 Å². The summed E-state index contributed by atoms with van der Waals surface area (Å²) in [6.45, 7) is 3.82. The van der Waals surface area contributed by atoms with Crippen molar-refractivity contribution in [3.63, 3.8) is 0 Å². The summed E-state index contributed by atoms with van der Waals surface area (Å²) in [4.78, 5) is 14.2. The van der Waals surface area contributed by atoms with E-state index in [1.165, 1.54) is 30.5 Å². The van der Waals surface area contributed by atoms with Crippen molar-refractivity contribution in [3.05, 3.63) is 29.3 Å². The topological polar surface area (TPSA) is 63.6 Å². The van der Waals surface area contributed by atoms with Crippen molar-refractivity contribution in [2.45, 2.75) is 24.8 Å². The molecule has 1 aromatic rings. The van der Waals surface area contributed by atoms with Gasteiger partial charge in [0, 0.05) is 32.2 Å². The largest absolute Gasteiger partial charge is 0.489 e. The number of benzene rings is 1. The number of nitrogens with zero attached hydrogens (tertiary/aromatic N) is 3. The molecule has 160 valence electrons. The maximum Gasteiger partial charge on any atom is 0.333 e. The molecular formula is C20H27F2N3O4. The van der Waals surface area contributed by atoms with Crippen molar-refractivity contribution >= 4 is 12.2 Å². The van der Waals surface area contributed by atoms with E-state index in [1.807, 2.05) is 0 Å². The molecule has 0 amide bonds. The van der Waals surface area contributed by atoms with Crippen molar-refractivity contribution in [3.8, 4) is 5.75 Å². The Morgan fingerprint density at radius 1 is 1.31 bits per heavy atom. The number of carbonyl (C=O) groups is 1. The molecule has 1 heterocycles. The molecule has 29 heavy (non-hydrogen) atoms. The number of rotatable bonds is 8. The third-order valence-electron chi connectivity index (χ3n) is 5.58. The highest BCUT2D eigenvalue weighted by atomic mass is 19.2. The standard InChI is InChI=1S/C20H27F2N3O4/c1-24(20(6-3-7-20)19(26)27-2)23-14-15-4-5-16(18(22)17(15)21)29-13-10-25-8-11-28-12-9-25/h4-5,14H,3,6-13H2,1-2H3. The highest BCUT2D eigenvalue weighted by Gasteiger charge is 2.49. The minimum absolute atomic E-state index is 0.0192. The molecule has 0 N–H and O–H groups in total. The normalized spacial score (nSPS) is 19.0. The molecule has 0 radical (unpaired) electrons. The predicted molar refractivity (Wildman–Crippen MR) is 103 cm³/mol. The zero-order valence-corrected chi connectivity index (χ0v) is 16.8. The summed E-state index contributed by atoms with van der Waals surface area (Å²) in [6.07, 6.45) is 3.31. The van der Waals surface area contributed by atoms with E-state index < -0.39 is 17.2 Å². The summed E-state index contributed by atoms with van der Waals surface area (Å²) in [5.74, 6) is -2.60. The van der Waals surface area contributed by atoms with Crippen molar-refractivity contribution < 1.29 is 27.8 Å². The van der Waals surface area contributed by atoms with E-state index in [0.717, 1.165) is 19.5 Å². The Morgan fingerprint density at radius 2 is 2.03 bits per heavy atom. The molecule has 7 nitrogen and oxygen atoms in total. The Hall–Kier alpha value is -2.26. The molecule has 0 aromatic heterocycles. The van der Waals surface area contributed by atoms with E-state index in [-0.39, 0.29) is 23.9 Å². The number of morpholine rings is 1.